The molecule has 0 fully saturated rings. The average molecular weight is 1340 g/mol. The van der Waals surface area contributed by atoms with Gasteiger partial charge < -0.3 is 27.9 Å². The zero-order valence-corrected chi connectivity index (χ0v) is 63.3. The summed E-state index contributed by atoms with van der Waals surface area (Å²) >= 11 is 0. The largest absolute Gasteiger partial charge is 0.756 e. The number of phosphoric ester groups is 1. The smallest absolute Gasteiger partial charge is 0.306 e. The Bertz CT molecular complexity index is 1910. The molecule has 0 radical (unpaired) electrons. The summed E-state index contributed by atoms with van der Waals surface area (Å²) in [5.41, 5.74) is 0. The number of carbonyl (C=O) groups is 2. The highest BCUT2D eigenvalue weighted by Gasteiger charge is 2.22. The quantitative estimate of drug-likeness (QED) is 0.0195. The van der Waals surface area contributed by atoms with Crippen molar-refractivity contribution in [3.05, 3.63) is 97.2 Å². The number of nitrogens with zero attached hydrogens (tertiary/aromatic N) is 1. The van der Waals surface area contributed by atoms with Gasteiger partial charge in [-0.25, -0.2) is 0 Å². The molecule has 0 rings (SSSR count). The number of phosphoric acid groups is 1. The molecule has 2 unspecified atom stereocenters. The van der Waals surface area contributed by atoms with Gasteiger partial charge in [-0.2, -0.15) is 0 Å². The summed E-state index contributed by atoms with van der Waals surface area (Å²) in [6.07, 6.45) is 104. The van der Waals surface area contributed by atoms with Crippen LogP contribution in [0.25, 0.3) is 0 Å². The first-order valence-corrected chi connectivity index (χ1v) is 41.4. The van der Waals surface area contributed by atoms with E-state index < -0.39 is 26.5 Å². The van der Waals surface area contributed by atoms with E-state index in [-0.39, 0.29) is 32.0 Å². The van der Waals surface area contributed by atoms with Crippen molar-refractivity contribution < 1.29 is 42.1 Å². The number of ether oxygens (including phenoxy) is 2. The number of likely N-dealkylation sites (N-methyl/N-ethyl adjacent to an activating group) is 1. The van der Waals surface area contributed by atoms with E-state index in [1.165, 1.54) is 257 Å². The lowest BCUT2D eigenvalue weighted by Gasteiger charge is -2.28. The van der Waals surface area contributed by atoms with E-state index in [0.29, 0.717) is 17.4 Å². The highest BCUT2D eigenvalue weighted by atomic mass is 31.2. The number of esters is 2. The molecule has 0 aliphatic rings. The molecule has 0 aliphatic carbocycles. The fourth-order valence-electron chi connectivity index (χ4n) is 11.5. The Morgan fingerprint density at radius 2 is 0.606 bits per heavy atom. The third kappa shape index (κ3) is 77.9. The summed E-state index contributed by atoms with van der Waals surface area (Å²) < 4.78 is 34.4. The van der Waals surface area contributed by atoms with Crippen LogP contribution in [0.5, 0.6) is 0 Å². The Kier molecular flexibility index (Phi) is 71.7. The van der Waals surface area contributed by atoms with Crippen molar-refractivity contribution in [3.8, 4) is 0 Å². The van der Waals surface area contributed by atoms with Crippen LogP contribution in [0.15, 0.2) is 97.2 Å². The molecule has 0 aliphatic heterocycles. The van der Waals surface area contributed by atoms with Gasteiger partial charge in [0.15, 0.2) is 6.10 Å². The van der Waals surface area contributed by atoms with E-state index in [0.717, 1.165) is 83.5 Å². The third-order valence-electron chi connectivity index (χ3n) is 17.6. The van der Waals surface area contributed by atoms with Gasteiger partial charge >= 0.3 is 11.9 Å². The predicted molar refractivity (Wildman–Crippen MR) is 406 cm³/mol. The summed E-state index contributed by atoms with van der Waals surface area (Å²) in [6, 6.07) is 0. The number of unbranched alkanes of at least 4 members (excludes halogenated alkanes) is 44. The van der Waals surface area contributed by atoms with Gasteiger partial charge in [-0.3, -0.25) is 14.2 Å². The lowest BCUT2D eigenvalue weighted by atomic mass is 10.0. The van der Waals surface area contributed by atoms with Gasteiger partial charge in [0.2, 0.25) is 0 Å². The zero-order valence-electron chi connectivity index (χ0n) is 62.4. The van der Waals surface area contributed by atoms with Crippen molar-refractivity contribution in [2.45, 2.75) is 380 Å². The first kappa shape index (κ1) is 90.9. The normalized spacial score (nSPS) is 13.6. The van der Waals surface area contributed by atoms with E-state index in [1.54, 1.807) is 0 Å². The molecule has 0 saturated heterocycles. The molecular weight excluding hydrogens is 1180 g/mol. The minimum atomic E-state index is -4.65. The number of rotatable bonds is 74. The minimum Gasteiger partial charge on any atom is -0.756 e. The van der Waals surface area contributed by atoms with Crippen LogP contribution in [0, 0.1) is 0 Å². The molecule has 0 heterocycles. The lowest BCUT2D eigenvalue weighted by molar-refractivity contribution is -0.870. The van der Waals surface area contributed by atoms with E-state index in [4.69, 9.17) is 18.5 Å². The van der Waals surface area contributed by atoms with Crippen molar-refractivity contribution in [2.24, 2.45) is 0 Å². The van der Waals surface area contributed by atoms with Crippen molar-refractivity contribution in [2.75, 3.05) is 47.5 Å². The molecule has 9 nitrogen and oxygen atoms in total. The van der Waals surface area contributed by atoms with Crippen LogP contribution in [-0.4, -0.2) is 70.0 Å². The van der Waals surface area contributed by atoms with E-state index in [1.807, 2.05) is 21.1 Å². The summed E-state index contributed by atoms with van der Waals surface area (Å²) in [7, 11) is 1.18. The van der Waals surface area contributed by atoms with Gasteiger partial charge in [-0.05, 0) is 96.3 Å². The molecule has 0 amide bonds. The van der Waals surface area contributed by atoms with E-state index >= 15 is 0 Å². The molecule has 0 aromatic rings. The van der Waals surface area contributed by atoms with Crippen LogP contribution in [-0.2, 0) is 32.7 Å². The number of quaternary nitrogens is 1. The van der Waals surface area contributed by atoms with Crippen LogP contribution >= 0.6 is 7.82 Å². The van der Waals surface area contributed by atoms with Gasteiger partial charge in [0, 0.05) is 12.8 Å². The number of carbonyl (C=O) groups excluding carboxylic acids is 2. The number of hydrogen-bond acceptors (Lipinski definition) is 8. The molecule has 0 aromatic carbocycles. The zero-order chi connectivity index (χ0) is 68.3. The molecular formula is C84H152NO8P. The molecule has 0 bridgehead atoms. The second-order valence-electron chi connectivity index (χ2n) is 28.0. The standard InChI is InChI=1S/C84H152NO8P/c1-6-8-10-12-14-16-18-20-22-24-26-28-30-32-34-36-38-40-41-42-43-45-47-49-51-53-55-57-59-61-63-65-67-69-71-73-75-77-84(87)93-82(81-92-94(88,89)91-79-78-85(3,4)5)80-90-83(86)76-74-72-70-68-66-64-62-60-58-56-54-52-50-48-46-44-39-37-35-33-31-29-27-25-23-21-19-17-15-13-11-9-7-2/h8,10,14,16,20,22,25-28,32,34,38,40,42-43,82H,6-7,9,11-13,15,17-19,21,23-24,29-31,33,35-37,39,41,44-81H2,1-5H3/b10-8-,16-14-,22-20-,27-25-,28-26-,34-32-,40-38-,43-42-. The van der Waals surface area contributed by atoms with Crippen LogP contribution in [0.3, 0.4) is 0 Å². The Balaban J connectivity index is 3.96. The topological polar surface area (TPSA) is 111 Å². The molecule has 10 heteroatoms. The number of hydrogen-bond donors (Lipinski definition) is 0. The Labute approximate surface area is 583 Å². The highest BCUT2D eigenvalue weighted by molar-refractivity contribution is 7.45. The Morgan fingerprint density at radius 1 is 0.340 bits per heavy atom. The maximum absolute atomic E-state index is 12.9. The summed E-state index contributed by atoms with van der Waals surface area (Å²) in [5, 5.41) is 0. The molecule has 94 heavy (non-hydrogen) atoms. The van der Waals surface area contributed by atoms with E-state index in [2.05, 4.69) is 111 Å². The monoisotopic (exact) mass is 1330 g/mol. The molecule has 546 valence electrons. The minimum absolute atomic E-state index is 0.0315. The Hall–Kier alpha value is -3.07. The summed E-state index contributed by atoms with van der Waals surface area (Å²) in [6.45, 7) is 4.18. The van der Waals surface area contributed by atoms with Crippen LogP contribution < -0.4 is 4.89 Å². The van der Waals surface area contributed by atoms with E-state index in [9.17, 15) is 19.0 Å². The van der Waals surface area contributed by atoms with Crippen LogP contribution in [0.2, 0.25) is 0 Å². The maximum Gasteiger partial charge on any atom is 0.306 e. The fraction of sp³-hybridized carbons (Fsp3) is 0.786. The van der Waals surface area contributed by atoms with Gasteiger partial charge in [0.25, 0.3) is 7.82 Å². The molecule has 0 saturated carbocycles. The average Bonchev–Trinajstić information content (AvgIpc) is 1.56. The van der Waals surface area contributed by atoms with Crippen LogP contribution in [0.1, 0.15) is 373 Å². The first-order chi connectivity index (χ1) is 46.0. The second-order valence-corrected chi connectivity index (χ2v) is 29.5. The molecule has 2 atom stereocenters. The number of allylic oxidation sites excluding steroid dienone is 16. The molecule has 0 N–H and O–H groups in total. The van der Waals surface area contributed by atoms with Crippen molar-refractivity contribution in [1.29, 1.82) is 0 Å². The highest BCUT2D eigenvalue weighted by Crippen LogP contribution is 2.38. The molecule has 0 aromatic heterocycles. The lowest BCUT2D eigenvalue weighted by Crippen LogP contribution is -2.37. The fourth-order valence-corrected chi connectivity index (χ4v) is 12.2. The second kappa shape index (κ2) is 74.2. The van der Waals surface area contributed by atoms with Crippen LogP contribution in [0.4, 0.5) is 0 Å². The van der Waals surface area contributed by atoms with Gasteiger partial charge in [0.05, 0.1) is 27.7 Å². The summed E-state index contributed by atoms with van der Waals surface area (Å²) in [5.74, 6) is -0.818. The Morgan fingerprint density at radius 3 is 0.915 bits per heavy atom. The van der Waals surface area contributed by atoms with Crippen molar-refractivity contribution in [1.82, 2.24) is 0 Å². The third-order valence-corrected chi connectivity index (χ3v) is 18.6. The summed E-state index contributed by atoms with van der Waals surface area (Å²) in [4.78, 5) is 38.2. The van der Waals surface area contributed by atoms with Crippen molar-refractivity contribution >= 4 is 19.8 Å². The van der Waals surface area contributed by atoms with Gasteiger partial charge in [-0.15, -0.1) is 0 Å². The van der Waals surface area contributed by atoms with Gasteiger partial charge in [-0.1, -0.05) is 361 Å². The first-order valence-electron chi connectivity index (χ1n) is 39.9. The maximum atomic E-state index is 12.9. The van der Waals surface area contributed by atoms with Crippen molar-refractivity contribution in [3.63, 3.8) is 0 Å². The molecule has 0 spiro atoms. The SMILES string of the molecule is CC/C=C\C/C=C\C/C=C\C/C=C\C/C=C\C/C=C\C/C=C\CCCCCCCCCCCCCCCCCC(=O)OC(COC(=O)CCCCCCCCCCCCCCCCCCCCCCC/C=C\CCCCCCCCCC)COP(=O)([O-])OCC[N+](C)(C)C. The van der Waals surface area contributed by atoms with Gasteiger partial charge in [0.1, 0.15) is 19.8 Å². The predicted octanol–water partition coefficient (Wildman–Crippen LogP) is 26.0.